The third kappa shape index (κ3) is 4.31. The molecule has 4 heteroatoms. The number of benzene rings is 1. The lowest BCUT2D eigenvalue weighted by molar-refractivity contribution is -0.121. The minimum absolute atomic E-state index is 0.0954. The Morgan fingerprint density at radius 2 is 2.05 bits per heavy atom. The maximum Gasteiger partial charge on any atom is 0.227 e. The van der Waals surface area contributed by atoms with Gasteiger partial charge in [0.15, 0.2) is 0 Å². The zero-order valence-corrected chi connectivity index (χ0v) is 12.9. The van der Waals surface area contributed by atoms with E-state index in [2.05, 4.69) is 12.2 Å². The first-order valence-electron chi connectivity index (χ1n) is 7.74. The van der Waals surface area contributed by atoms with E-state index in [1.54, 1.807) is 0 Å². The summed E-state index contributed by atoms with van der Waals surface area (Å²) in [5.74, 6) is 0.453. The molecule has 2 rings (SSSR count). The van der Waals surface area contributed by atoms with Gasteiger partial charge in [-0.15, -0.1) is 0 Å². The number of amides is 2. The number of hydrogen-bond donors (Lipinski definition) is 1. The smallest absolute Gasteiger partial charge is 0.227 e. The summed E-state index contributed by atoms with van der Waals surface area (Å²) in [6.45, 7) is 5.39. The number of carbonyl (C=O) groups is 2. The highest BCUT2D eigenvalue weighted by molar-refractivity contribution is 5.95. The van der Waals surface area contributed by atoms with Crippen LogP contribution in [0.4, 0.5) is 5.69 Å². The molecule has 0 unspecified atom stereocenters. The molecule has 1 aliphatic rings. The molecule has 1 N–H and O–H groups in total. The molecule has 0 aliphatic carbocycles. The number of rotatable bonds is 6. The van der Waals surface area contributed by atoms with Crippen molar-refractivity contribution >= 4 is 17.5 Å². The standard InChI is InChI=1S/C17H24N2O2/c1-3-4-5-16(20)18-11-14-10-17(21)19(12-14)15-8-6-13(2)7-9-15/h6-9,14H,3-5,10-12H2,1-2H3,(H,18,20)/t14-/m0/s1. The average molecular weight is 288 g/mol. The summed E-state index contributed by atoms with van der Waals surface area (Å²) in [6.07, 6.45) is 3.04. The normalized spacial score (nSPS) is 18.1. The van der Waals surface area contributed by atoms with E-state index >= 15 is 0 Å². The van der Waals surface area contributed by atoms with E-state index in [0.29, 0.717) is 25.9 Å². The van der Waals surface area contributed by atoms with Gasteiger partial charge in [0.25, 0.3) is 0 Å². The minimum Gasteiger partial charge on any atom is -0.356 e. The molecule has 1 atom stereocenters. The van der Waals surface area contributed by atoms with Crippen LogP contribution in [-0.2, 0) is 9.59 Å². The SMILES string of the molecule is CCCCC(=O)NC[C@@H]1CC(=O)N(c2ccc(C)cc2)C1. The average Bonchev–Trinajstić information content (AvgIpc) is 2.85. The Labute approximate surface area is 126 Å². The quantitative estimate of drug-likeness (QED) is 0.875. The molecule has 0 spiro atoms. The Morgan fingerprint density at radius 1 is 1.33 bits per heavy atom. The fraction of sp³-hybridized carbons (Fsp3) is 0.529. The van der Waals surface area contributed by atoms with E-state index in [1.807, 2.05) is 36.1 Å². The first-order chi connectivity index (χ1) is 10.1. The van der Waals surface area contributed by atoms with Crippen LogP contribution in [0.2, 0.25) is 0 Å². The summed E-state index contributed by atoms with van der Waals surface area (Å²) >= 11 is 0. The van der Waals surface area contributed by atoms with E-state index in [1.165, 1.54) is 5.56 Å². The molecule has 1 heterocycles. The van der Waals surface area contributed by atoms with Crippen molar-refractivity contribution in [3.8, 4) is 0 Å². The van der Waals surface area contributed by atoms with Crippen molar-refractivity contribution in [3.63, 3.8) is 0 Å². The van der Waals surface area contributed by atoms with Crippen LogP contribution in [0, 0.1) is 12.8 Å². The van der Waals surface area contributed by atoms with Crippen molar-refractivity contribution in [1.82, 2.24) is 5.32 Å². The van der Waals surface area contributed by atoms with Gasteiger partial charge in [-0.25, -0.2) is 0 Å². The number of aryl methyl sites for hydroxylation is 1. The second-order valence-corrected chi connectivity index (χ2v) is 5.82. The van der Waals surface area contributed by atoms with Gasteiger partial charge in [-0.05, 0) is 25.5 Å². The van der Waals surface area contributed by atoms with Crippen molar-refractivity contribution < 1.29 is 9.59 Å². The minimum atomic E-state index is 0.0954. The van der Waals surface area contributed by atoms with Crippen molar-refractivity contribution in [2.75, 3.05) is 18.0 Å². The molecule has 1 aromatic rings. The van der Waals surface area contributed by atoms with E-state index in [-0.39, 0.29) is 17.7 Å². The van der Waals surface area contributed by atoms with Crippen LogP contribution in [0.15, 0.2) is 24.3 Å². The molecule has 2 amide bonds. The lowest BCUT2D eigenvalue weighted by atomic mass is 10.1. The number of nitrogens with one attached hydrogen (secondary N) is 1. The highest BCUT2D eigenvalue weighted by Crippen LogP contribution is 2.24. The summed E-state index contributed by atoms with van der Waals surface area (Å²) in [4.78, 5) is 25.5. The molecule has 1 fully saturated rings. The second-order valence-electron chi connectivity index (χ2n) is 5.82. The highest BCUT2D eigenvalue weighted by atomic mass is 16.2. The first-order valence-corrected chi connectivity index (χ1v) is 7.74. The zero-order chi connectivity index (χ0) is 15.2. The van der Waals surface area contributed by atoms with Crippen LogP contribution in [0.25, 0.3) is 0 Å². The van der Waals surface area contributed by atoms with E-state index < -0.39 is 0 Å². The maximum atomic E-state index is 12.1. The number of hydrogen-bond acceptors (Lipinski definition) is 2. The Morgan fingerprint density at radius 3 is 2.71 bits per heavy atom. The Bertz CT molecular complexity index is 496. The van der Waals surface area contributed by atoms with Crippen molar-refractivity contribution in [1.29, 1.82) is 0 Å². The Hall–Kier alpha value is -1.84. The fourth-order valence-electron chi connectivity index (χ4n) is 2.58. The van der Waals surface area contributed by atoms with Gasteiger partial charge in [0.2, 0.25) is 11.8 Å². The predicted molar refractivity (Wildman–Crippen MR) is 84.2 cm³/mol. The van der Waals surface area contributed by atoms with Crippen LogP contribution in [0.3, 0.4) is 0 Å². The van der Waals surface area contributed by atoms with E-state index in [9.17, 15) is 9.59 Å². The summed E-state index contributed by atoms with van der Waals surface area (Å²) in [6, 6.07) is 8.00. The molecular formula is C17H24N2O2. The molecule has 1 saturated heterocycles. The number of carbonyl (C=O) groups excluding carboxylic acids is 2. The van der Waals surface area contributed by atoms with Gasteiger partial charge in [-0.3, -0.25) is 9.59 Å². The molecule has 0 aromatic heterocycles. The fourth-order valence-corrected chi connectivity index (χ4v) is 2.58. The van der Waals surface area contributed by atoms with Gasteiger partial charge in [0, 0.05) is 37.5 Å². The molecule has 1 aliphatic heterocycles. The topological polar surface area (TPSA) is 49.4 Å². The highest BCUT2D eigenvalue weighted by Gasteiger charge is 2.30. The summed E-state index contributed by atoms with van der Waals surface area (Å²) in [5, 5.41) is 2.94. The van der Waals surface area contributed by atoms with Crippen LogP contribution >= 0.6 is 0 Å². The van der Waals surface area contributed by atoms with E-state index in [0.717, 1.165) is 18.5 Å². The number of anilines is 1. The predicted octanol–water partition coefficient (Wildman–Crippen LogP) is 2.65. The van der Waals surface area contributed by atoms with Gasteiger partial charge >= 0.3 is 0 Å². The lowest BCUT2D eigenvalue weighted by Crippen LogP contribution is -2.31. The monoisotopic (exact) mass is 288 g/mol. The van der Waals surface area contributed by atoms with Gasteiger partial charge < -0.3 is 10.2 Å². The third-order valence-electron chi connectivity index (χ3n) is 3.90. The van der Waals surface area contributed by atoms with Crippen LogP contribution in [0.1, 0.15) is 38.2 Å². The molecular weight excluding hydrogens is 264 g/mol. The third-order valence-corrected chi connectivity index (χ3v) is 3.90. The lowest BCUT2D eigenvalue weighted by Gasteiger charge is -2.17. The first kappa shape index (κ1) is 15.5. The second kappa shape index (κ2) is 7.25. The molecule has 0 bridgehead atoms. The molecule has 114 valence electrons. The molecule has 1 aromatic carbocycles. The van der Waals surface area contributed by atoms with Crippen molar-refractivity contribution in [3.05, 3.63) is 29.8 Å². The Kier molecular flexibility index (Phi) is 5.37. The summed E-state index contributed by atoms with van der Waals surface area (Å²) in [5.41, 5.74) is 2.13. The van der Waals surface area contributed by atoms with Gasteiger partial charge in [0.05, 0.1) is 0 Å². The molecule has 21 heavy (non-hydrogen) atoms. The van der Waals surface area contributed by atoms with Crippen molar-refractivity contribution in [2.24, 2.45) is 5.92 Å². The largest absolute Gasteiger partial charge is 0.356 e. The molecule has 4 nitrogen and oxygen atoms in total. The number of unbranched alkanes of at least 4 members (excludes halogenated alkanes) is 1. The van der Waals surface area contributed by atoms with Crippen LogP contribution in [-0.4, -0.2) is 24.9 Å². The van der Waals surface area contributed by atoms with Crippen LogP contribution < -0.4 is 10.2 Å². The number of nitrogens with zero attached hydrogens (tertiary/aromatic N) is 1. The van der Waals surface area contributed by atoms with Gasteiger partial charge in [-0.2, -0.15) is 0 Å². The van der Waals surface area contributed by atoms with E-state index in [4.69, 9.17) is 0 Å². The summed E-state index contributed by atoms with van der Waals surface area (Å²) in [7, 11) is 0. The molecule has 0 saturated carbocycles. The molecule has 0 radical (unpaired) electrons. The van der Waals surface area contributed by atoms with Crippen molar-refractivity contribution in [2.45, 2.75) is 39.5 Å². The van der Waals surface area contributed by atoms with Crippen LogP contribution in [0.5, 0.6) is 0 Å². The van der Waals surface area contributed by atoms with Gasteiger partial charge in [0.1, 0.15) is 0 Å². The Balaban J connectivity index is 1.85. The zero-order valence-electron chi connectivity index (χ0n) is 12.9. The summed E-state index contributed by atoms with van der Waals surface area (Å²) < 4.78 is 0. The van der Waals surface area contributed by atoms with Gasteiger partial charge in [-0.1, -0.05) is 31.0 Å². The maximum absolute atomic E-state index is 12.1.